The zero-order valence-corrected chi connectivity index (χ0v) is 17.4. The van der Waals surface area contributed by atoms with Gasteiger partial charge in [0.15, 0.2) is 0 Å². The number of aryl methyl sites for hydroxylation is 2. The second-order valence-electron chi connectivity index (χ2n) is 8.18. The molecule has 0 aliphatic carbocycles. The van der Waals surface area contributed by atoms with Crippen LogP contribution in [0.4, 0.5) is 5.82 Å². The van der Waals surface area contributed by atoms with Gasteiger partial charge in [0.05, 0.1) is 13.0 Å². The third-order valence-corrected chi connectivity index (χ3v) is 5.92. The second-order valence-corrected chi connectivity index (χ2v) is 8.18. The quantitative estimate of drug-likeness (QED) is 0.458. The molecule has 0 amide bonds. The van der Waals surface area contributed by atoms with Crippen molar-refractivity contribution >= 4 is 11.8 Å². The molecule has 4 rings (SSSR count). The van der Waals surface area contributed by atoms with Crippen molar-refractivity contribution in [3.05, 3.63) is 64.9 Å². The zero-order chi connectivity index (χ0) is 20.8. The summed E-state index contributed by atoms with van der Waals surface area (Å²) in [6.45, 7) is 1.73. The molecule has 0 saturated carbocycles. The summed E-state index contributed by atoms with van der Waals surface area (Å²) in [6.07, 6.45) is 11.6. The maximum Gasteiger partial charge on any atom is 0.304 e. The summed E-state index contributed by atoms with van der Waals surface area (Å²) in [5, 5.41) is 12.7. The number of carboxylic acids is 1. The van der Waals surface area contributed by atoms with Crippen LogP contribution in [0.3, 0.4) is 0 Å². The minimum absolute atomic E-state index is 0.0985. The van der Waals surface area contributed by atoms with Gasteiger partial charge in [-0.25, -0.2) is 4.98 Å². The molecule has 5 nitrogen and oxygen atoms in total. The Morgan fingerprint density at radius 1 is 1.20 bits per heavy atom. The monoisotopic (exact) mass is 406 g/mol. The number of hydrogen-bond donors (Lipinski definition) is 2. The number of rotatable bonds is 9. The Hall–Kier alpha value is -2.82. The lowest BCUT2D eigenvalue weighted by atomic mass is 9.93. The number of hydrogen-bond acceptors (Lipinski definition) is 4. The summed E-state index contributed by atoms with van der Waals surface area (Å²) in [5.41, 5.74) is 4.70. The normalized spacial score (nSPS) is 15.9. The first-order valence-corrected chi connectivity index (χ1v) is 11.1. The molecular formula is C25H30N2O3. The van der Waals surface area contributed by atoms with E-state index in [4.69, 9.17) is 9.72 Å². The van der Waals surface area contributed by atoms with E-state index in [0.29, 0.717) is 6.61 Å². The fourth-order valence-electron chi connectivity index (χ4n) is 4.24. The van der Waals surface area contributed by atoms with E-state index in [9.17, 15) is 9.90 Å². The highest BCUT2D eigenvalue weighted by atomic mass is 16.5. The number of benzene rings is 1. The van der Waals surface area contributed by atoms with Gasteiger partial charge in [0.25, 0.3) is 0 Å². The predicted octanol–water partition coefficient (Wildman–Crippen LogP) is 4.90. The minimum atomic E-state index is -0.779. The van der Waals surface area contributed by atoms with E-state index in [1.165, 1.54) is 17.5 Å². The van der Waals surface area contributed by atoms with Crippen molar-refractivity contribution in [3.8, 4) is 5.75 Å². The summed E-state index contributed by atoms with van der Waals surface area (Å²) < 4.78 is 5.65. The van der Waals surface area contributed by atoms with Crippen LogP contribution in [0.5, 0.6) is 5.75 Å². The van der Waals surface area contributed by atoms with Gasteiger partial charge in [-0.15, -0.1) is 0 Å². The highest BCUT2D eigenvalue weighted by molar-refractivity contribution is 5.68. The third kappa shape index (κ3) is 5.21. The summed E-state index contributed by atoms with van der Waals surface area (Å²) >= 11 is 0. The molecule has 5 heteroatoms. The van der Waals surface area contributed by atoms with E-state index >= 15 is 0 Å². The van der Waals surface area contributed by atoms with Crippen LogP contribution >= 0.6 is 0 Å². The SMILES string of the molecule is O=C(O)C[C@H](/C=C/CCCCc1ccc2c(n1)NCCC2)c1ccc2c(c1)OCC2. The lowest BCUT2D eigenvalue weighted by Crippen LogP contribution is -2.13. The molecule has 2 aliphatic rings. The number of carboxylic acid groups (broad SMARTS) is 1. The van der Waals surface area contributed by atoms with Gasteiger partial charge in [-0.05, 0) is 67.3 Å². The first kappa shape index (κ1) is 20.5. The number of pyridine rings is 1. The molecule has 30 heavy (non-hydrogen) atoms. The Morgan fingerprint density at radius 2 is 2.10 bits per heavy atom. The van der Waals surface area contributed by atoms with E-state index in [1.54, 1.807) is 0 Å². The maximum atomic E-state index is 11.3. The fourth-order valence-corrected chi connectivity index (χ4v) is 4.24. The van der Waals surface area contributed by atoms with Gasteiger partial charge < -0.3 is 15.2 Å². The second kappa shape index (κ2) is 9.79. The first-order valence-electron chi connectivity index (χ1n) is 11.1. The molecular weight excluding hydrogens is 376 g/mol. The lowest BCUT2D eigenvalue weighted by molar-refractivity contribution is -0.137. The Kier molecular flexibility index (Phi) is 6.67. The average molecular weight is 407 g/mol. The van der Waals surface area contributed by atoms with Crippen LogP contribution in [0.1, 0.15) is 60.4 Å². The Labute approximate surface area is 178 Å². The molecule has 1 atom stereocenters. The van der Waals surface area contributed by atoms with E-state index in [2.05, 4.69) is 29.6 Å². The number of fused-ring (bicyclic) bond motifs is 2. The van der Waals surface area contributed by atoms with Crippen LogP contribution in [0.25, 0.3) is 0 Å². The van der Waals surface area contributed by atoms with Crippen LogP contribution in [0.2, 0.25) is 0 Å². The smallest absolute Gasteiger partial charge is 0.304 e. The molecule has 158 valence electrons. The van der Waals surface area contributed by atoms with E-state index < -0.39 is 5.97 Å². The van der Waals surface area contributed by atoms with Crippen molar-refractivity contribution in [1.82, 2.24) is 4.98 Å². The standard InChI is InChI=1S/C25H30N2O3/c28-24(29)17-20(21-10-9-18-13-15-30-23(18)16-21)6-3-1-2-4-8-22-12-11-19-7-5-14-26-25(19)27-22/h3,6,9-12,16,20H,1-2,4-5,7-8,13-15,17H2,(H,26,27)(H,28,29)/b6-3+/t20-/m0/s1. The number of anilines is 1. The van der Waals surface area contributed by atoms with Gasteiger partial charge >= 0.3 is 5.97 Å². The van der Waals surface area contributed by atoms with Crippen LogP contribution in [-0.2, 0) is 24.1 Å². The number of carbonyl (C=O) groups is 1. The number of nitrogens with zero attached hydrogens (tertiary/aromatic N) is 1. The minimum Gasteiger partial charge on any atom is -0.493 e. The Morgan fingerprint density at radius 3 is 3.00 bits per heavy atom. The molecule has 2 aromatic rings. The summed E-state index contributed by atoms with van der Waals surface area (Å²) in [4.78, 5) is 16.1. The lowest BCUT2D eigenvalue weighted by Gasteiger charge is -2.17. The Bertz CT molecular complexity index is 923. The highest BCUT2D eigenvalue weighted by Crippen LogP contribution is 2.31. The van der Waals surface area contributed by atoms with Crippen molar-refractivity contribution < 1.29 is 14.6 Å². The van der Waals surface area contributed by atoms with E-state index in [0.717, 1.165) is 67.9 Å². The summed E-state index contributed by atoms with van der Waals surface area (Å²) in [7, 11) is 0. The summed E-state index contributed by atoms with van der Waals surface area (Å²) in [6, 6.07) is 10.5. The van der Waals surface area contributed by atoms with Crippen LogP contribution in [0.15, 0.2) is 42.5 Å². The maximum absolute atomic E-state index is 11.3. The van der Waals surface area contributed by atoms with Crippen molar-refractivity contribution in [2.24, 2.45) is 0 Å². The average Bonchev–Trinajstić information content (AvgIpc) is 3.23. The highest BCUT2D eigenvalue weighted by Gasteiger charge is 2.17. The van der Waals surface area contributed by atoms with Gasteiger partial charge in [0, 0.05) is 24.6 Å². The number of unbranched alkanes of at least 4 members (excludes halogenated alkanes) is 2. The zero-order valence-electron chi connectivity index (χ0n) is 17.4. The van der Waals surface area contributed by atoms with E-state index in [-0.39, 0.29) is 12.3 Å². The predicted molar refractivity (Wildman–Crippen MR) is 118 cm³/mol. The van der Waals surface area contributed by atoms with Gasteiger partial charge in [0.2, 0.25) is 0 Å². The van der Waals surface area contributed by atoms with Crippen molar-refractivity contribution in [3.63, 3.8) is 0 Å². The number of aromatic nitrogens is 1. The van der Waals surface area contributed by atoms with Crippen LogP contribution in [0, 0.1) is 0 Å². The summed E-state index contributed by atoms with van der Waals surface area (Å²) in [5.74, 6) is 1.07. The van der Waals surface area contributed by atoms with Gasteiger partial charge in [-0.3, -0.25) is 4.79 Å². The molecule has 0 bridgehead atoms. The van der Waals surface area contributed by atoms with Crippen molar-refractivity contribution in [1.29, 1.82) is 0 Å². The van der Waals surface area contributed by atoms with Gasteiger partial charge in [-0.2, -0.15) is 0 Å². The largest absolute Gasteiger partial charge is 0.493 e. The Balaban J connectivity index is 1.28. The third-order valence-electron chi connectivity index (χ3n) is 5.92. The van der Waals surface area contributed by atoms with Gasteiger partial charge in [0.1, 0.15) is 11.6 Å². The topological polar surface area (TPSA) is 71.5 Å². The van der Waals surface area contributed by atoms with Crippen molar-refractivity contribution in [2.45, 2.75) is 57.3 Å². The number of ether oxygens (including phenoxy) is 1. The molecule has 3 heterocycles. The first-order chi connectivity index (χ1) is 14.7. The van der Waals surface area contributed by atoms with Crippen molar-refractivity contribution in [2.75, 3.05) is 18.5 Å². The molecule has 0 spiro atoms. The number of allylic oxidation sites excluding steroid dienone is 2. The molecule has 1 aromatic heterocycles. The van der Waals surface area contributed by atoms with E-state index in [1.807, 2.05) is 18.2 Å². The number of nitrogens with one attached hydrogen (secondary N) is 1. The fraction of sp³-hybridized carbons (Fsp3) is 0.440. The molecule has 2 aliphatic heterocycles. The number of aliphatic carboxylic acids is 1. The molecule has 2 N–H and O–H groups in total. The molecule has 0 radical (unpaired) electrons. The molecule has 0 saturated heterocycles. The molecule has 1 aromatic carbocycles. The van der Waals surface area contributed by atoms with Crippen LogP contribution in [-0.4, -0.2) is 29.2 Å². The molecule has 0 fully saturated rings. The van der Waals surface area contributed by atoms with Gasteiger partial charge in [-0.1, -0.05) is 30.4 Å². The molecule has 0 unspecified atom stereocenters. The van der Waals surface area contributed by atoms with Crippen LogP contribution < -0.4 is 10.1 Å².